The number of carbonyl (C=O) groups excluding carboxylic acids is 1. The Morgan fingerprint density at radius 2 is 1.87 bits per heavy atom. The highest BCUT2D eigenvalue weighted by Gasteiger charge is 2.25. The standard InChI is InChI=1S/C23H36N4O3.HI/c1-3-22(28)27-12-9-20(16-27)26-23(24-4-2)25-15-18-5-7-19(8-6-18)17-30-21-10-13-29-14-11-21;/h5-8,20-21H,3-4,9-17H2,1-2H3,(H2,24,25,26);1H. The van der Waals surface area contributed by atoms with Gasteiger partial charge < -0.3 is 25.0 Å². The summed E-state index contributed by atoms with van der Waals surface area (Å²) in [4.78, 5) is 18.5. The molecule has 0 saturated carbocycles. The summed E-state index contributed by atoms with van der Waals surface area (Å²) in [6.45, 7) is 9.21. The van der Waals surface area contributed by atoms with E-state index < -0.39 is 0 Å². The van der Waals surface area contributed by atoms with Crippen molar-refractivity contribution in [1.29, 1.82) is 0 Å². The van der Waals surface area contributed by atoms with Gasteiger partial charge in [0.1, 0.15) is 0 Å². The Hall–Kier alpha value is -1.39. The van der Waals surface area contributed by atoms with Crippen molar-refractivity contribution in [1.82, 2.24) is 15.5 Å². The van der Waals surface area contributed by atoms with E-state index in [4.69, 9.17) is 14.5 Å². The maximum Gasteiger partial charge on any atom is 0.222 e. The van der Waals surface area contributed by atoms with Crippen molar-refractivity contribution in [2.75, 3.05) is 32.8 Å². The van der Waals surface area contributed by atoms with Crippen molar-refractivity contribution in [2.45, 2.75) is 64.8 Å². The van der Waals surface area contributed by atoms with Crippen LogP contribution in [-0.4, -0.2) is 61.8 Å². The normalized spacial score (nSPS) is 19.7. The Kier molecular flexibility index (Phi) is 11.6. The van der Waals surface area contributed by atoms with E-state index >= 15 is 0 Å². The van der Waals surface area contributed by atoms with Crippen LogP contribution in [0.3, 0.4) is 0 Å². The number of halogens is 1. The number of hydrogen-bond donors (Lipinski definition) is 2. The monoisotopic (exact) mass is 544 g/mol. The van der Waals surface area contributed by atoms with Crippen LogP contribution in [0.1, 0.15) is 50.7 Å². The zero-order valence-corrected chi connectivity index (χ0v) is 21.1. The molecular formula is C23H37IN4O3. The number of nitrogens with zero attached hydrogens (tertiary/aromatic N) is 2. The lowest BCUT2D eigenvalue weighted by Crippen LogP contribution is -2.45. The Balaban J connectivity index is 0.00000341. The first kappa shape index (κ1) is 25.9. The van der Waals surface area contributed by atoms with E-state index in [0.29, 0.717) is 25.7 Å². The second-order valence-electron chi connectivity index (χ2n) is 7.96. The largest absolute Gasteiger partial charge is 0.381 e. The topological polar surface area (TPSA) is 75.2 Å². The zero-order chi connectivity index (χ0) is 21.2. The molecule has 2 heterocycles. The zero-order valence-electron chi connectivity index (χ0n) is 18.8. The highest BCUT2D eigenvalue weighted by molar-refractivity contribution is 14.0. The number of carbonyl (C=O) groups is 1. The summed E-state index contributed by atoms with van der Waals surface area (Å²) in [7, 11) is 0. The summed E-state index contributed by atoms with van der Waals surface area (Å²) >= 11 is 0. The van der Waals surface area contributed by atoms with Gasteiger partial charge in [0, 0.05) is 45.3 Å². The van der Waals surface area contributed by atoms with Crippen LogP contribution in [-0.2, 0) is 27.4 Å². The minimum Gasteiger partial charge on any atom is -0.381 e. The average molecular weight is 544 g/mol. The van der Waals surface area contributed by atoms with E-state index in [2.05, 4.69) is 41.8 Å². The number of amides is 1. The van der Waals surface area contributed by atoms with Gasteiger partial charge in [0.2, 0.25) is 5.91 Å². The van der Waals surface area contributed by atoms with Crippen LogP contribution in [0.15, 0.2) is 29.3 Å². The summed E-state index contributed by atoms with van der Waals surface area (Å²) in [5.41, 5.74) is 2.35. The van der Waals surface area contributed by atoms with Crippen molar-refractivity contribution in [2.24, 2.45) is 4.99 Å². The van der Waals surface area contributed by atoms with Gasteiger partial charge in [-0.2, -0.15) is 0 Å². The minimum absolute atomic E-state index is 0. The fourth-order valence-corrected chi connectivity index (χ4v) is 3.81. The molecule has 0 spiro atoms. The first-order valence-electron chi connectivity index (χ1n) is 11.3. The molecule has 1 amide bonds. The van der Waals surface area contributed by atoms with Gasteiger partial charge in [0.05, 0.1) is 19.3 Å². The van der Waals surface area contributed by atoms with Crippen LogP contribution >= 0.6 is 24.0 Å². The van der Waals surface area contributed by atoms with Crippen LogP contribution in [0.4, 0.5) is 0 Å². The minimum atomic E-state index is 0. The lowest BCUT2D eigenvalue weighted by molar-refractivity contribution is -0.129. The van der Waals surface area contributed by atoms with E-state index in [-0.39, 0.29) is 35.9 Å². The Bertz CT molecular complexity index is 693. The van der Waals surface area contributed by atoms with Crippen LogP contribution in [0.25, 0.3) is 0 Å². The third-order valence-corrected chi connectivity index (χ3v) is 5.63. The fraction of sp³-hybridized carbons (Fsp3) is 0.652. The summed E-state index contributed by atoms with van der Waals surface area (Å²) in [5.74, 6) is 1.03. The molecule has 2 saturated heterocycles. The Morgan fingerprint density at radius 3 is 2.55 bits per heavy atom. The van der Waals surface area contributed by atoms with Gasteiger partial charge in [-0.05, 0) is 37.3 Å². The van der Waals surface area contributed by atoms with Crippen LogP contribution in [0.2, 0.25) is 0 Å². The van der Waals surface area contributed by atoms with Gasteiger partial charge in [-0.15, -0.1) is 24.0 Å². The number of guanidine groups is 1. The van der Waals surface area contributed by atoms with E-state index in [1.54, 1.807) is 0 Å². The Morgan fingerprint density at radius 1 is 1.16 bits per heavy atom. The number of likely N-dealkylation sites (tertiary alicyclic amines) is 1. The highest BCUT2D eigenvalue weighted by Crippen LogP contribution is 2.14. The lowest BCUT2D eigenvalue weighted by atomic mass is 10.1. The first-order valence-corrected chi connectivity index (χ1v) is 11.3. The third kappa shape index (κ3) is 8.57. The van der Waals surface area contributed by atoms with E-state index in [9.17, 15) is 4.79 Å². The maximum atomic E-state index is 11.9. The second-order valence-corrected chi connectivity index (χ2v) is 7.96. The van der Waals surface area contributed by atoms with Crippen LogP contribution in [0, 0.1) is 0 Å². The summed E-state index contributed by atoms with van der Waals surface area (Å²) in [6, 6.07) is 8.73. The van der Waals surface area contributed by atoms with Gasteiger partial charge >= 0.3 is 0 Å². The molecular weight excluding hydrogens is 507 g/mol. The molecule has 2 N–H and O–H groups in total. The summed E-state index contributed by atoms with van der Waals surface area (Å²) < 4.78 is 11.4. The number of aliphatic imine (C=N–C) groups is 1. The number of rotatable bonds is 8. The molecule has 8 heteroatoms. The molecule has 2 aliphatic rings. The molecule has 31 heavy (non-hydrogen) atoms. The van der Waals surface area contributed by atoms with Gasteiger partial charge in [-0.1, -0.05) is 31.2 Å². The molecule has 0 aliphatic carbocycles. The fourth-order valence-electron chi connectivity index (χ4n) is 3.81. The van der Waals surface area contributed by atoms with Gasteiger partial charge in [-0.25, -0.2) is 4.99 Å². The number of benzene rings is 1. The molecule has 2 fully saturated rings. The van der Waals surface area contributed by atoms with E-state index in [1.807, 2.05) is 11.8 Å². The molecule has 0 radical (unpaired) electrons. The van der Waals surface area contributed by atoms with Crippen molar-refractivity contribution in [3.63, 3.8) is 0 Å². The highest BCUT2D eigenvalue weighted by atomic mass is 127. The molecule has 174 valence electrons. The molecule has 0 bridgehead atoms. The van der Waals surface area contributed by atoms with Crippen LogP contribution in [0.5, 0.6) is 0 Å². The molecule has 1 atom stereocenters. The lowest BCUT2D eigenvalue weighted by Gasteiger charge is -2.22. The molecule has 0 aromatic heterocycles. The molecule has 2 aliphatic heterocycles. The quantitative estimate of drug-likeness (QED) is 0.299. The summed E-state index contributed by atoms with van der Waals surface area (Å²) in [5, 5.41) is 6.79. The predicted molar refractivity (Wildman–Crippen MR) is 134 cm³/mol. The van der Waals surface area contributed by atoms with E-state index in [0.717, 1.165) is 63.6 Å². The predicted octanol–water partition coefficient (Wildman–Crippen LogP) is 3.07. The van der Waals surface area contributed by atoms with Gasteiger partial charge in [-0.3, -0.25) is 4.79 Å². The van der Waals surface area contributed by atoms with Crippen molar-refractivity contribution in [3.05, 3.63) is 35.4 Å². The smallest absolute Gasteiger partial charge is 0.222 e. The maximum absolute atomic E-state index is 11.9. The summed E-state index contributed by atoms with van der Waals surface area (Å²) in [6.07, 6.45) is 3.81. The molecule has 7 nitrogen and oxygen atoms in total. The van der Waals surface area contributed by atoms with Gasteiger partial charge in [0.25, 0.3) is 0 Å². The van der Waals surface area contributed by atoms with Crippen molar-refractivity contribution < 1.29 is 14.3 Å². The molecule has 1 aromatic carbocycles. The number of nitrogens with one attached hydrogen (secondary N) is 2. The SMILES string of the molecule is CCNC(=NCc1ccc(COC2CCOCC2)cc1)NC1CCN(C(=O)CC)C1.I. The van der Waals surface area contributed by atoms with Crippen molar-refractivity contribution in [3.8, 4) is 0 Å². The third-order valence-electron chi connectivity index (χ3n) is 5.63. The van der Waals surface area contributed by atoms with Gasteiger partial charge in [0.15, 0.2) is 5.96 Å². The Labute approximate surface area is 203 Å². The molecule has 3 rings (SSSR count). The van der Waals surface area contributed by atoms with Crippen molar-refractivity contribution >= 4 is 35.8 Å². The average Bonchev–Trinajstić information content (AvgIpc) is 3.25. The number of hydrogen-bond acceptors (Lipinski definition) is 4. The molecule has 1 aromatic rings. The van der Waals surface area contributed by atoms with Crippen LogP contribution < -0.4 is 10.6 Å². The van der Waals surface area contributed by atoms with E-state index in [1.165, 1.54) is 5.56 Å². The second kappa shape index (κ2) is 13.9. The first-order chi connectivity index (χ1) is 14.7. The molecule has 1 unspecified atom stereocenters. The number of ether oxygens (including phenoxy) is 2.